The van der Waals surface area contributed by atoms with Gasteiger partial charge in [0.2, 0.25) is 0 Å². The Kier molecular flexibility index (Phi) is 2.65. The molecule has 1 atom stereocenters. The van der Waals surface area contributed by atoms with Gasteiger partial charge < -0.3 is 15.4 Å². The first-order valence-corrected chi connectivity index (χ1v) is 4.16. The van der Waals surface area contributed by atoms with Gasteiger partial charge in [0.15, 0.2) is 0 Å². The van der Waals surface area contributed by atoms with Crippen LogP contribution in [0, 0.1) is 0 Å². The van der Waals surface area contributed by atoms with Crippen LogP contribution in [-0.2, 0) is 11.8 Å². The molecule has 7 nitrogen and oxygen atoms in total. The van der Waals surface area contributed by atoms with E-state index in [2.05, 4.69) is 0 Å². The van der Waals surface area contributed by atoms with Crippen molar-refractivity contribution in [3.8, 4) is 0 Å². The van der Waals surface area contributed by atoms with Gasteiger partial charge >= 0.3 is 11.7 Å². The summed E-state index contributed by atoms with van der Waals surface area (Å²) in [6.45, 7) is 1.24. The molecule has 0 aromatic carbocycles. The van der Waals surface area contributed by atoms with Crippen molar-refractivity contribution in [1.29, 1.82) is 0 Å². The number of carboxylic acids is 1. The first kappa shape index (κ1) is 11.0. The van der Waals surface area contributed by atoms with Crippen molar-refractivity contribution in [3.63, 3.8) is 0 Å². The number of hydrogen-bond acceptors (Lipinski definition) is 4. The van der Waals surface area contributed by atoms with E-state index in [9.17, 15) is 14.4 Å². The maximum atomic E-state index is 11.5. The zero-order valence-electron chi connectivity index (χ0n) is 8.30. The van der Waals surface area contributed by atoms with Crippen LogP contribution >= 0.6 is 0 Å². The van der Waals surface area contributed by atoms with E-state index in [-0.39, 0.29) is 5.69 Å². The third-order valence-corrected chi connectivity index (χ3v) is 2.05. The summed E-state index contributed by atoms with van der Waals surface area (Å²) in [5.74, 6) is -1.26. The van der Waals surface area contributed by atoms with Crippen LogP contribution in [0.1, 0.15) is 13.0 Å². The molecule has 7 heteroatoms. The lowest BCUT2D eigenvalue weighted by atomic mass is 10.3. The fourth-order valence-electron chi connectivity index (χ4n) is 1.17. The normalized spacial score (nSPS) is 12.4. The minimum atomic E-state index is -1.26. The van der Waals surface area contributed by atoms with E-state index in [0.29, 0.717) is 4.57 Å². The third kappa shape index (κ3) is 1.76. The molecule has 0 saturated carbocycles. The van der Waals surface area contributed by atoms with Crippen molar-refractivity contribution < 1.29 is 9.90 Å². The first-order chi connectivity index (χ1) is 6.86. The van der Waals surface area contributed by atoms with E-state index in [1.165, 1.54) is 14.0 Å². The topological polar surface area (TPSA) is 107 Å². The Labute approximate surface area is 84.4 Å². The van der Waals surface area contributed by atoms with Gasteiger partial charge in [-0.25, -0.2) is 14.2 Å². The van der Waals surface area contributed by atoms with Gasteiger partial charge in [0.25, 0.3) is 5.56 Å². The molecule has 0 amide bonds. The fourth-order valence-corrected chi connectivity index (χ4v) is 1.17. The van der Waals surface area contributed by atoms with E-state index < -0.39 is 23.3 Å². The second kappa shape index (κ2) is 3.60. The van der Waals surface area contributed by atoms with E-state index in [1.54, 1.807) is 0 Å². The van der Waals surface area contributed by atoms with Crippen LogP contribution in [0.3, 0.4) is 0 Å². The predicted octanol–water partition coefficient (Wildman–Crippen LogP) is -1.23. The van der Waals surface area contributed by atoms with Crippen LogP contribution < -0.4 is 17.0 Å². The van der Waals surface area contributed by atoms with Gasteiger partial charge in [-0.3, -0.25) is 4.79 Å². The summed E-state index contributed by atoms with van der Waals surface area (Å²) in [4.78, 5) is 33.6. The number of aryl methyl sites for hydroxylation is 1. The molecule has 82 valence electrons. The highest BCUT2D eigenvalue weighted by Crippen LogP contribution is 1.99. The van der Waals surface area contributed by atoms with Gasteiger partial charge in [0.05, 0.1) is 0 Å². The maximum absolute atomic E-state index is 11.5. The Bertz CT molecular complexity index is 479. The molecular weight excluding hydrogens is 202 g/mol. The minimum Gasteiger partial charge on any atom is -0.480 e. The molecule has 1 aromatic rings. The van der Waals surface area contributed by atoms with Gasteiger partial charge in [-0.2, -0.15) is 0 Å². The van der Waals surface area contributed by atoms with Crippen LogP contribution in [0.15, 0.2) is 15.8 Å². The van der Waals surface area contributed by atoms with Crippen LogP contribution in [0.2, 0.25) is 0 Å². The molecule has 0 bridgehead atoms. The fraction of sp³-hybridized carbons (Fsp3) is 0.375. The zero-order valence-corrected chi connectivity index (χ0v) is 8.30. The van der Waals surface area contributed by atoms with Crippen LogP contribution in [0.4, 0.5) is 5.69 Å². The Morgan fingerprint density at radius 3 is 2.53 bits per heavy atom. The van der Waals surface area contributed by atoms with Crippen molar-refractivity contribution >= 4 is 11.7 Å². The molecule has 0 radical (unpaired) electrons. The van der Waals surface area contributed by atoms with Crippen molar-refractivity contribution in [2.75, 3.05) is 5.73 Å². The maximum Gasteiger partial charge on any atom is 0.331 e. The number of nitrogen functional groups attached to an aromatic ring is 1. The molecule has 0 aliphatic heterocycles. The minimum absolute atomic E-state index is 0.162. The first-order valence-electron chi connectivity index (χ1n) is 4.16. The molecule has 0 spiro atoms. The summed E-state index contributed by atoms with van der Waals surface area (Å²) in [6, 6.07) is -1.24. The molecule has 0 fully saturated rings. The molecule has 0 saturated heterocycles. The smallest absolute Gasteiger partial charge is 0.331 e. The van der Waals surface area contributed by atoms with Crippen molar-refractivity contribution in [1.82, 2.24) is 9.13 Å². The average Bonchev–Trinajstić information content (AvgIpc) is 2.15. The average molecular weight is 213 g/mol. The van der Waals surface area contributed by atoms with Gasteiger partial charge in [-0.15, -0.1) is 0 Å². The number of carbonyl (C=O) groups is 1. The molecule has 3 N–H and O–H groups in total. The highest BCUT2D eigenvalue weighted by molar-refractivity contribution is 5.71. The van der Waals surface area contributed by atoms with Crippen LogP contribution in [-0.4, -0.2) is 20.2 Å². The molecule has 1 rings (SSSR count). The van der Waals surface area contributed by atoms with E-state index in [4.69, 9.17) is 10.8 Å². The second-order valence-corrected chi connectivity index (χ2v) is 3.17. The van der Waals surface area contributed by atoms with Crippen LogP contribution in [0.5, 0.6) is 0 Å². The predicted molar refractivity (Wildman–Crippen MR) is 52.7 cm³/mol. The second-order valence-electron chi connectivity index (χ2n) is 3.17. The van der Waals surface area contributed by atoms with Gasteiger partial charge in [-0.05, 0) is 6.92 Å². The SMILES string of the molecule is CC(C(=O)O)n1c(=O)c(N)cn(C)c1=O. The van der Waals surface area contributed by atoms with E-state index >= 15 is 0 Å². The summed E-state index contributed by atoms with van der Waals surface area (Å²) >= 11 is 0. The van der Waals surface area contributed by atoms with Gasteiger partial charge in [-0.1, -0.05) is 0 Å². The summed E-state index contributed by atoms with van der Waals surface area (Å²) in [5.41, 5.74) is 3.69. The zero-order chi connectivity index (χ0) is 11.7. The number of anilines is 1. The Morgan fingerprint density at radius 1 is 1.53 bits per heavy atom. The molecular formula is C8H11N3O4. The number of aromatic nitrogens is 2. The van der Waals surface area contributed by atoms with Crippen molar-refractivity contribution in [2.24, 2.45) is 7.05 Å². The highest BCUT2D eigenvalue weighted by Gasteiger charge is 2.19. The number of carboxylic acid groups (broad SMARTS) is 1. The number of nitrogens with two attached hydrogens (primary N) is 1. The molecule has 1 unspecified atom stereocenters. The summed E-state index contributed by atoms with van der Waals surface area (Å²) in [6.07, 6.45) is 1.16. The monoisotopic (exact) mass is 213 g/mol. The lowest BCUT2D eigenvalue weighted by Gasteiger charge is -2.11. The quantitative estimate of drug-likeness (QED) is 0.639. The third-order valence-electron chi connectivity index (χ3n) is 2.05. The Balaban J connectivity index is 3.61. The lowest BCUT2D eigenvalue weighted by molar-refractivity contribution is -0.140. The van der Waals surface area contributed by atoms with E-state index in [1.807, 2.05) is 0 Å². The van der Waals surface area contributed by atoms with E-state index in [0.717, 1.165) is 10.8 Å². The number of aliphatic carboxylic acids is 1. The summed E-state index contributed by atoms with van der Waals surface area (Å²) in [7, 11) is 1.39. The summed E-state index contributed by atoms with van der Waals surface area (Å²) in [5, 5.41) is 8.72. The van der Waals surface area contributed by atoms with Gasteiger partial charge in [0, 0.05) is 13.2 Å². The number of hydrogen-bond donors (Lipinski definition) is 2. The number of rotatable bonds is 2. The largest absolute Gasteiger partial charge is 0.480 e. The molecule has 1 heterocycles. The Hall–Kier alpha value is -2.05. The molecule has 0 aliphatic carbocycles. The Morgan fingerprint density at radius 2 is 2.07 bits per heavy atom. The van der Waals surface area contributed by atoms with Crippen LogP contribution in [0.25, 0.3) is 0 Å². The van der Waals surface area contributed by atoms with Crippen molar-refractivity contribution in [2.45, 2.75) is 13.0 Å². The van der Waals surface area contributed by atoms with Gasteiger partial charge in [0.1, 0.15) is 11.7 Å². The lowest BCUT2D eigenvalue weighted by Crippen LogP contribution is -2.43. The van der Waals surface area contributed by atoms with Crippen molar-refractivity contribution in [3.05, 3.63) is 27.0 Å². The molecule has 0 aliphatic rings. The molecule has 1 aromatic heterocycles. The number of nitrogens with zero attached hydrogens (tertiary/aromatic N) is 2. The highest BCUT2D eigenvalue weighted by atomic mass is 16.4. The summed E-state index contributed by atoms with van der Waals surface area (Å²) < 4.78 is 1.67. The standard InChI is InChI=1S/C8H11N3O4/c1-4(7(13)14)11-6(12)5(9)3-10(2)8(11)15/h3-4H,9H2,1-2H3,(H,13,14). The molecule has 15 heavy (non-hydrogen) atoms.